The first-order valence-corrected chi connectivity index (χ1v) is 7.18. The molecule has 6 nitrogen and oxygen atoms in total. The molecule has 0 radical (unpaired) electrons. The maximum atomic E-state index is 11.9. The number of hydrogen-bond donors (Lipinski definition) is 0. The molecule has 6 heteroatoms. The molecule has 0 bridgehead atoms. The molecule has 0 spiro atoms. The standard InChI is InChI=1S/C15H20N4O2/c1-3-4-11-19(2)14(20)9-8-13-17-18-15(21-13)12-7-5-6-10-16-12/h5-7,10H,3-4,8-9,11H2,1-2H3. The first-order chi connectivity index (χ1) is 10.2. The second kappa shape index (κ2) is 7.52. The highest BCUT2D eigenvalue weighted by atomic mass is 16.4. The van der Waals surface area contributed by atoms with Crippen LogP contribution in [0.5, 0.6) is 0 Å². The molecule has 112 valence electrons. The van der Waals surface area contributed by atoms with E-state index >= 15 is 0 Å². The third-order valence-electron chi connectivity index (χ3n) is 3.18. The van der Waals surface area contributed by atoms with Crippen LogP contribution in [0.2, 0.25) is 0 Å². The van der Waals surface area contributed by atoms with Crippen molar-refractivity contribution in [1.29, 1.82) is 0 Å². The van der Waals surface area contributed by atoms with E-state index in [9.17, 15) is 4.79 Å². The van der Waals surface area contributed by atoms with Gasteiger partial charge in [-0.05, 0) is 18.6 Å². The minimum absolute atomic E-state index is 0.0982. The van der Waals surface area contributed by atoms with Gasteiger partial charge in [-0.3, -0.25) is 9.78 Å². The van der Waals surface area contributed by atoms with Crippen molar-refractivity contribution >= 4 is 5.91 Å². The zero-order valence-electron chi connectivity index (χ0n) is 12.5. The number of aromatic nitrogens is 3. The molecule has 0 saturated heterocycles. The molecule has 0 aliphatic carbocycles. The number of hydrogen-bond acceptors (Lipinski definition) is 5. The van der Waals surface area contributed by atoms with Crippen LogP contribution in [0, 0.1) is 0 Å². The lowest BCUT2D eigenvalue weighted by Gasteiger charge is -2.15. The van der Waals surface area contributed by atoms with Gasteiger partial charge in [-0.2, -0.15) is 0 Å². The van der Waals surface area contributed by atoms with Gasteiger partial charge < -0.3 is 9.32 Å². The summed E-state index contributed by atoms with van der Waals surface area (Å²) in [7, 11) is 1.82. The topological polar surface area (TPSA) is 72.1 Å². The van der Waals surface area contributed by atoms with Crippen LogP contribution >= 0.6 is 0 Å². The predicted molar refractivity (Wildman–Crippen MR) is 78.4 cm³/mol. The number of carbonyl (C=O) groups excluding carboxylic acids is 1. The zero-order chi connectivity index (χ0) is 15.1. The van der Waals surface area contributed by atoms with Gasteiger partial charge in [-0.15, -0.1) is 10.2 Å². The van der Waals surface area contributed by atoms with E-state index < -0.39 is 0 Å². The third kappa shape index (κ3) is 4.37. The number of carbonyl (C=O) groups is 1. The van der Waals surface area contributed by atoms with Crippen molar-refractivity contribution in [3.8, 4) is 11.6 Å². The summed E-state index contributed by atoms with van der Waals surface area (Å²) in [5.74, 6) is 0.950. The van der Waals surface area contributed by atoms with E-state index in [4.69, 9.17) is 4.42 Å². The SMILES string of the molecule is CCCCN(C)C(=O)CCc1nnc(-c2ccccn2)o1. The van der Waals surface area contributed by atoms with E-state index in [1.165, 1.54) is 0 Å². The first kappa shape index (κ1) is 15.2. The van der Waals surface area contributed by atoms with Gasteiger partial charge in [0.1, 0.15) is 5.69 Å². The minimum atomic E-state index is 0.0982. The monoisotopic (exact) mass is 288 g/mol. The van der Waals surface area contributed by atoms with E-state index in [1.807, 2.05) is 19.2 Å². The maximum absolute atomic E-state index is 11.9. The molecule has 0 aromatic carbocycles. The van der Waals surface area contributed by atoms with Gasteiger partial charge in [-0.1, -0.05) is 19.4 Å². The molecule has 0 N–H and O–H groups in total. The average Bonchev–Trinajstić information content (AvgIpc) is 3.00. The fourth-order valence-electron chi connectivity index (χ4n) is 1.87. The molecule has 0 atom stereocenters. The molecule has 0 aliphatic rings. The largest absolute Gasteiger partial charge is 0.419 e. The molecule has 0 saturated carbocycles. The number of rotatable bonds is 7. The second-order valence-electron chi connectivity index (χ2n) is 4.88. The smallest absolute Gasteiger partial charge is 0.266 e. The first-order valence-electron chi connectivity index (χ1n) is 7.18. The minimum Gasteiger partial charge on any atom is -0.419 e. The lowest BCUT2D eigenvalue weighted by molar-refractivity contribution is -0.130. The van der Waals surface area contributed by atoms with Crippen molar-refractivity contribution in [2.45, 2.75) is 32.6 Å². The van der Waals surface area contributed by atoms with Crippen LogP contribution < -0.4 is 0 Å². The fourth-order valence-corrected chi connectivity index (χ4v) is 1.87. The van der Waals surface area contributed by atoms with Crippen molar-refractivity contribution in [1.82, 2.24) is 20.1 Å². The summed E-state index contributed by atoms with van der Waals surface area (Å²) in [4.78, 5) is 17.8. The van der Waals surface area contributed by atoms with Crippen LogP contribution in [0.25, 0.3) is 11.6 Å². The van der Waals surface area contributed by atoms with Crippen molar-refractivity contribution in [3.63, 3.8) is 0 Å². The highest BCUT2D eigenvalue weighted by Crippen LogP contribution is 2.15. The van der Waals surface area contributed by atoms with Gasteiger partial charge in [0, 0.05) is 32.6 Å². The van der Waals surface area contributed by atoms with Crippen molar-refractivity contribution in [2.75, 3.05) is 13.6 Å². The van der Waals surface area contributed by atoms with Gasteiger partial charge in [0.15, 0.2) is 0 Å². The van der Waals surface area contributed by atoms with Gasteiger partial charge in [0.05, 0.1) is 0 Å². The summed E-state index contributed by atoms with van der Waals surface area (Å²) in [6, 6.07) is 5.49. The fraction of sp³-hybridized carbons (Fsp3) is 0.467. The Hall–Kier alpha value is -2.24. The molecule has 2 rings (SSSR count). The summed E-state index contributed by atoms with van der Waals surface area (Å²) in [5.41, 5.74) is 0.641. The Morgan fingerprint density at radius 1 is 1.33 bits per heavy atom. The summed E-state index contributed by atoms with van der Waals surface area (Å²) in [5, 5.41) is 7.91. The molecule has 1 amide bonds. The van der Waals surface area contributed by atoms with Crippen LogP contribution in [0.3, 0.4) is 0 Å². The average molecular weight is 288 g/mol. The van der Waals surface area contributed by atoms with Crippen molar-refractivity contribution in [2.24, 2.45) is 0 Å². The highest BCUT2D eigenvalue weighted by molar-refractivity contribution is 5.75. The highest BCUT2D eigenvalue weighted by Gasteiger charge is 2.13. The lowest BCUT2D eigenvalue weighted by atomic mass is 10.2. The Labute approximate surface area is 124 Å². The number of unbranched alkanes of at least 4 members (excludes halogenated alkanes) is 1. The van der Waals surface area contributed by atoms with E-state index in [0.717, 1.165) is 19.4 Å². The number of aryl methyl sites for hydroxylation is 1. The molecule has 2 heterocycles. The van der Waals surface area contributed by atoms with Gasteiger partial charge in [-0.25, -0.2) is 0 Å². The Morgan fingerprint density at radius 3 is 2.90 bits per heavy atom. The predicted octanol–water partition coefficient (Wildman–Crippen LogP) is 2.32. The Morgan fingerprint density at radius 2 is 2.19 bits per heavy atom. The van der Waals surface area contributed by atoms with Gasteiger partial charge in [0.25, 0.3) is 5.89 Å². The van der Waals surface area contributed by atoms with Gasteiger partial charge >= 0.3 is 0 Å². The summed E-state index contributed by atoms with van der Waals surface area (Å²) in [6.45, 7) is 2.90. The molecule has 0 fully saturated rings. The van der Waals surface area contributed by atoms with E-state index in [2.05, 4.69) is 22.1 Å². The summed E-state index contributed by atoms with van der Waals surface area (Å²) < 4.78 is 5.53. The Kier molecular flexibility index (Phi) is 5.43. The molecule has 0 aliphatic heterocycles. The molecular weight excluding hydrogens is 268 g/mol. The maximum Gasteiger partial charge on any atom is 0.266 e. The summed E-state index contributed by atoms with van der Waals surface area (Å²) >= 11 is 0. The van der Waals surface area contributed by atoms with Crippen LogP contribution in [-0.2, 0) is 11.2 Å². The van der Waals surface area contributed by atoms with Crippen LogP contribution in [0.15, 0.2) is 28.8 Å². The number of pyridine rings is 1. The zero-order valence-corrected chi connectivity index (χ0v) is 12.5. The molecular formula is C15H20N4O2. The quantitative estimate of drug-likeness (QED) is 0.782. The van der Waals surface area contributed by atoms with Crippen LogP contribution in [0.4, 0.5) is 0 Å². The third-order valence-corrected chi connectivity index (χ3v) is 3.18. The number of nitrogens with zero attached hydrogens (tertiary/aromatic N) is 4. The number of amides is 1. The molecule has 2 aromatic heterocycles. The lowest BCUT2D eigenvalue weighted by Crippen LogP contribution is -2.27. The summed E-state index contributed by atoms with van der Waals surface area (Å²) in [6.07, 6.45) is 4.60. The van der Waals surface area contributed by atoms with Gasteiger partial charge in [0.2, 0.25) is 11.8 Å². The van der Waals surface area contributed by atoms with Crippen LogP contribution in [0.1, 0.15) is 32.1 Å². The van der Waals surface area contributed by atoms with E-state index in [0.29, 0.717) is 30.3 Å². The molecule has 21 heavy (non-hydrogen) atoms. The normalized spacial score (nSPS) is 10.6. The van der Waals surface area contributed by atoms with Crippen molar-refractivity contribution in [3.05, 3.63) is 30.3 Å². The van der Waals surface area contributed by atoms with Crippen molar-refractivity contribution < 1.29 is 9.21 Å². The molecule has 0 unspecified atom stereocenters. The second-order valence-corrected chi connectivity index (χ2v) is 4.88. The van der Waals surface area contributed by atoms with Crippen LogP contribution in [-0.4, -0.2) is 39.6 Å². The Bertz CT molecular complexity index is 568. The van der Waals surface area contributed by atoms with E-state index in [1.54, 1.807) is 17.2 Å². The van der Waals surface area contributed by atoms with E-state index in [-0.39, 0.29) is 5.91 Å². The Balaban J connectivity index is 1.87. The molecule has 2 aromatic rings.